The zero-order valence-corrected chi connectivity index (χ0v) is 15.8. The average molecular weight is 359 g/mol. The van der Waals surface area contributed by atoms with Crippen LogP contribution in [0.4, 0.5) is 11.4 Å². The molecule has 0 saturated carbocycles. The smallest absolute Gasteiger partial charge is 0.226 e. The second-order valence-electron chi connectivity index (χ2n) is 6.17. The number of carbonyl (C=O) groups is 2. The number of carbonyl (C=O) groups excluding carboxylic acids is 2. The van der Waals surface area contributed by atoms with Gasteiger partial charge in [0.05, 0.1) is 0 Å². The van der Waals surface area contributed by atoms with Crippen molar-refractivity contribution in [2.75, 3.05) is 16.8 Å². The van der Waals surface area contributed by atoms with E-state index in [4.69, 9.17) is 11.6 Å². The van der Waals surface area contributed by atoms with Crippen LogP contribution >= 0.6 is 11.6 Å². The SMILES string of the molecule is CC(=O)N(CCC(=O)Nc1c(C)cccc1C)c1cc(Cl)ccc1C. The summed E-state index contributed by atoms with van der Waals surface area (Å²) in [5.74, 6) is -0.242. The molecular weight excluding hydrogens is 336 g/mol. The van der Waals surface area contributed by atoms with E-state index in [0.29, 0.717) is 11.6 Å². The van der Waals surface area contributed by atoms with Crippen LogP contribution in [0.3, 0.4) is 0 Å². The summed E-state index contributed by atoms with van der Waals surface area (Å²) >= 11 is 6.05. The lowest BCUT2D eigenvalue weighted by Crippen LogP contribution is -2.32. The minimum Gasteiger partial charge on any atom is -0.326 e. The highest BCUT2D eigenvalue weighted by Crippen LogP contribution is 2.25. The van der Waals surface area contributed by atoms with Gasteiger partial charge >= 0.3 is 0 Å². The summed E-state index contributed by atoms with van der Waals surface area (Å²) < 4.78 is 0. The number of anilines is 2. The van der Waals surface area contributed by atoms with Gasteiger partial charge < -0.3 is 10.2 Å². The normalized spacial score (nSPS) is 10.4. The molecule has 0 aliphatic rings. The molecule has 0 unspecified atom stereocenters. The second kappa shape index (κ2) is 8.17. The average Bonchev–Trinajstić information content (AvgIpc) is 2.54. The Morgan fingerprint density at radius 3 is 2.28 bits per heavy atom. The minimum absolute atomic E-state index is 0.120. The van der Waals surface area contributed by atoms with Crippen LogP contribution in [-0.2, 0) is 9.59 Å². The number of hydrogen-bond donors (Lipinski definition) is 1. The van der Waals surface area contributed by atoms with Gasteiger partial charge in [-0.05, 0) is 49.6 Å². The molecule has 2 rings (SSSR count). The van der Waals surface area contributed by atoms with Gasteiger partial charge in [-0.2, -0.15) is 0 Å². The number of aryl methyl sites for hydroxylation is 3. The third-order valence-electron chi connectivity index (χ3n) is 4.15. The van der Waals surface area contributed by atoms with E-state index in [0.717, 1.165) is 28.1 Å². The summed E-state index contributed by atoms with van der Waals surface area (Å²) in [6.07, 6.45) is 0.208. The predicted octanol–water partition coefficient (Wildman–Crippen LogP) is 4.65. The number of nitrogens with one attached hydrogen (secondary N) is 1. The summed E-state index contributed by atoms with van der Waals surface area (Å²) in [6.45, 7) is 7.62. The molecule has 0 saturated heterocycles. The molecule has 0 radical (unpaired) electrons. The van der Waals surface area contributed by atoms with Gasteiger partial charge in [0.15, 0.2) is 0 Å². The molecule has 0 heterocycles. The lowest BCUT2D eigenvalue weighted by Gasteiger charge is -2.23. The molecule has 132 valence electrons. The molecule has 2 amide bonds. The molecule has 0 aliphatic carbocycles. The summed E-state index contributed by atoms with van der Waals surface area (Å²) in [7, 11) is 0. The van der Waals surface area contributed by atoms with Crippen LogP contribution in [0.5, 0.6) is 0 Å². The van der Waals surface area contributed by atoms with Crippen LogP contribution in [0.1, 0.15) is 30.0 Å². The molecule has 0 bridgehead atoms. The number of rotatable bonds is 5. The number of para-hydroxylation sites is 1. The standard InChI is InChI=1S/C20H23ClN2O2/c1-13-8-9-17(21)12-18(13)23(16(4)24)11-10-19(25)22-20-14(2)6-5-7-15(20)3/h5-9,12H,10-11H2,1-4H3,(H,22,25). The van der Waals surface area contributed by atoms with Crippen molar-refractivity contribution < 1.29 is 9.59 Å². The fourth-order valence-corrected chi connectivity index (χ4v) is 2.91. The third-order valence-corrected chi connectivity index (χ3v) is 4.39. The summed E-state index contributed by atoms with van der Waals surface area (Å²) in [4.78, 5) is 26.0. The maximum atomic E-state index is 12.4. The largest absolute Gasteiger partial charge is 0.326 e. The molecular formula is C20H23ClN2O2. The van der Waals surface area contributed by atoms with Gasteiger partial charge in [0.1, 0.15) is 0 Å². The Labute approximate surface area is 153 Å². The van der Waals surface area contributed by atoms with Gasteiger partial charge in [-0.3, -0.25) is 9.59 Å². The highest BCUT2D eigenvalue weighted by atomic mass is 35.5. The van der Waals surface area contributed by atoms with Gasteiger partial charge in [0.2, 0.25) is 11.8 Å². The van der Waals surface area contributed by atoms with Gasteiger partial charge in [-0.25, -0.2) is 0 Å². The number of amides is 2. The molecule has 0 aromatic heterocycles. The first-order valence-electron chi connectivity index (χ1n) is 8.20. The molecule has 4 nitrogen and oxygen atoms in total. The molecule has 0 fully saturated rings. The van der Waals surface area contributed by atoms with Crippen molar-refractivity contribution >= 4 is 34.8 Å². The van der Waals surface area contributed by atoms with E-state index >= 15 is 0 Å². The molecule has 2 aromatic rings. The third kappa shape index (κ3) is 4.83. The van der Waals surface area contributed by atoms with Crippen molar-refractivity contribution in [3.63, 3.8) is 0 Å². The van der Waals surface area contributed by atoms with Crippen LogP contribution in [0, 0.1) is 20.8 Å². The van der Waals surface area contributed by atoms with E-state index in [1.165, 1.54) is 6.92 Å². The molecule has 25 heavy (non-hydrogen) atoms. The van der Waals surface area contributed by atoms with Crippen LogP contribution in [0.15, 0.2) is 36.4 Å². The Morgan fingerprint density at radius 1 is 1.04 bits per heavy atom. The Kier molecular flexibility index (Phi) is 6.21. The first-order valence-corrected chi connectivity index (χ1v) is 8.57. The van der Waals surface area contributed by atoms with E-state index in [1.807, 2.05) is 45.0 Å². The lowest BCUT2D eigenvalue weighted by molar-refractivity contribution is -0.117. The van der Waals surface area contributed by atoms with E-state index < -0.39 is 0 Å². The van der Waals surface area contributed by atoms with Crippen molar-refractivity contribution in [1.82, 2.24) is 0 Å². The molecule has 0 atom stereocenters. The number of halogens is 1. The highest BCUT2D eigenvalue weighted by molar-refractivity contribution is 6.31. The molecule has 2 aromatic carbocycles. The van der Waals surface area contributed by atoms with Gasteiger partial charge in [-0.1, -0.05) is 35.9 Å². The van der Waals surface area contributed by atoms with Gasteiger partial charge in [-0.15, -0.1) is 0 Å². The highest BCUT2D eigenvalue weighted by Gasteiger charge is 2.16. The number of nitrogens with zero attached hydrogens (tertiary/aromatic N) is 1. The topological polar surface area (TPSA) is 49.4 Å². The second-order valence-corrected chi connectivity index (χ2v) is 6.60. The molecule has 0 aliphatic heterocycles. The Hall–Kier alpha value is -2.33. The first-order chi connectivity index (χ1) is 11.8. The Morgan fingerprint density at radius 2 is 1.68 bits per heavy atom. The van der Waals surface area contributed by atoms with Gasteiger partial charge in [0.25, 0.3) is 0 Å². The van der Waals surface area contributed by atoms with Crippen LogP contribution in [-0.4, -0.2) is 18.4 Å². The predicted molar refractivity (Wildman–Crippen MR) is 103 cm³/mol. The summed E-state index contributed by atoms with van der Waals surface area (Å²) in [5, 5.41) is 3.51. The van der Waals surface area contributed by atoms with Crippen molar-refractivity contribution in [3.05, 3.63) is 58.1 Å². The van der Waals surface area contributed by atoms with E-state index in [2.05, 4.69) is 5.32 Å². The van der Waals surface area contributed by atoms with Crippen molar-refractivity contribution in [3.8, 4) is 0 Å². The number of benzene rings is 2. The molecule has 5 heteroatoms. The van der Waals surface area contributed by atoms with Crippen LogP contribution in [0.25, 0.3) is 0 Å². The van der Waals surface area contributed by atoms with E-state index in [9.17, 15) is 9.59 Å². The summed E-state index contributed by atoms with van der Waals surface area (Å²) in [5.41, 5.74) is 4.54. The van der Waals surface area contributed by atoms with Crippen LogP contribution in [0.2, 0.25) is 5.02 Å². The van der Waals surface area contributed by atoms with Crippen molar-refractivity contribution in [1.29, 1.82) is 0 Å². The van der Waals surface area contributed by atoms with E-state index in [1.54, 1.807) is 17.0 Å². The zero-order valence-electron chi connectivity index (χ0n) is 15.0. The minimum atomic E-state index is -0.122. The maximum Gasteiger partial charge on any atom is 0.226 e. The monoisotopic (exact) mass is 358 g/mol. The lowest BCUT2D eigenvalue weighted by atomic mass is 10.1. The van der Waals surface area contributed by atoms with Crippen LogP contribution < -0.4 is 10.2 Å². The van der Waals surface area contributed by atoms with Crippen molar-refractivity contribution in [2.45, 2.75) is 34.1 Å². The molecule has 1 N–H and O–H groups in total. The Bertz CT molecular complexity index is 782. The van der Waals surface area contributed by atoms with Crippen molar-refractivity contribution in [2.24, 2.45) is 0 Å². The quantitative estimate of drug-likeness (QED) is 0.845. The fourth-order valence-electron chi connectivity index (χ4n) is 2.75. The summed E-state index contributed by atoms with van der Waals surface area (Å²) in [6, 6.07) is 11.3. The first kappa shape index (κ1) is 19.0. The Balaban J connectivity index is 2.10. The maximum absolute atomic E-state index is 12.4. The fraction of sp³-hybridized carbons (Fsp3) is 0.300. The van der Waals surface area contributed by atoms with Gasteiger partial charge in [0, 0.05) is 36.3 Å². The molecule has 0 spiro atoms. The van der Waals surface area contributed by atoms with E-state index in [-0.39, 0.29) is 18.2 Å². The zero-order chi connectivity index (χ0) is 18.6. The number of hydrogen-bond acceptors (Lipinski definition) is 2.